The lowest BCUT2D eigenvalue weighted by molar-refractivity contribution is -0.145. The van der Waals surface area contributed by atoms with Gasteiger partial charge in [-0.1, -0.05) is 12.5 Å². The largest absolute Gasteiger partial charge is 0.465 e. The minimum atomic E-state index is -0.515. The second kappa shape index (κ2) is 11.8. The van der Waals surface area contributed by atoms with Gasteiger partial charge in [-0.25, -0.2) is 9.78 Å². The first kappa shape index (κ1) is 25.4. The Labute approximate surface area is 198 Å². The Morgan fingerprint density at radius 3 is 2.70 bits per heavy atom. The number of fused-ring (bicyclic) bond motifs is 1. The highest BCUT2D eigenvalue weighted by atomic mass is 16.6. The number of unbranched alkanes of at least 4 members (excludes halogenated alkanes) is 2. The molecule has 0 bridgehead atoms. The molecule has 3 heterocycles. The molecule has 1 amide bonds. The number of likely N-dealkylation sites (tertiary alicyclic amines) is 1. The SMILES string of the molecule is CCOC(=O)CN1CC(NCCCCCc2ccc3c(n2)N(C(=O)OC(C)(C)C)CCC3)C1. The molecule has 3 rings (SSSR count). The molecule has 8 heteroatoms. The van der Waals surface area contributed by atoms with E-state index in [1.807, 2.05) is 27.7 Å². The fourth-order valence-electron chi connectivity index (χ4n) is 4.24. The fraction of sp³-hybridized carbons (Fsp3) is 0.720. The summed E-state index contributed by atoms with van der Waals surface area (Å²) in [5.74, 6) is 0.632. The zero-order valence-corrected chi connectivity index (χ0v) is 20.7. The summed E-state index contributed by atoms with van der Waals surface area (Å²) in [4.78, 5) is 32.7. The number of ether oxygens (including phenoxy) is 2. The average molecular weight is 461 g/mol. The number of nitrogens with zero attached hydrogens (tertiary/aromatic N) is 3. The Morgan fingerprint density at radius 2 is 1.97 bits per heavy atom. The van der Waals surface area contributed by atoms with Crippen LogP contribution >= 0.6 is 0 Å². The minimum absolute atomic E-state index is 0.138. The number of hydrogen-bond donors (Lipinski definition) is 1. The molecule has 33 heavy (non-hydrogen) atoms. The van der Waals surface area contributed by atoms with Crippen LogP contribution in [0.4, 0.5) is 10.6 Å². The van der Waals surface area contributed by atoms with Crippen LogP contribution in [0.1, 0.15) is 64.6 Å². The van der Waals surface area contributed by atoms with E-state index in [4.69, 9.17) is 14.5 Å². The van der Waals surface area contributed by atoms with Crippen LogP contribution < -0.4 is 10.2 Å². The van der Waals surface area contributed by atoms with Crippen LogP contribution in [0.25, 0.3) is 0 Å². The van der Waals surface area contributed by atoms with Crippen LogP contribution in [0.3, 0.4) is 0 Å². The van der Waals surface area contributed by atoms with Gasteiger partial charge in [0, 0.05) is 31.4 Å². The molecule has 0 spiro atoms. The van der Waals surface area contributed by atoms with Crippen molar-refractivity contribution >= 4 is 17.9 Å². The first-order chi connectivity index (χ1) is 15.7. The lowest BCUT2D eigenvalue weighted by atomic mass is 10.0. The summed E-state index contributed by atoms with van der Waals surface area (Å²) in [7, 11) is 0. The van der Waals surface area contributed by atoms with Crippen molar-refractivity contribution in [3.8, 4) is 0 Å². The third-order valence-corrected chi connectivity index (χ3v) is 5.87. The molecule has 0 saturated carbocycles. The maximum atomic E-state index is 12.6. The van der Waals surface area contributed by atoms with Crippen molar-refractivity contribution in [1.82, 2.24) is 15.2 Å². The normalized spacial score (nSPS) is 16.8. The van der Waals surface area contributed by atoms with Crippen molar-refractivity contribution in [3.63, 3.8) is 0 Å². The molecule has 8 nitrogen and oxygen atoms in total. The maximum absolute atomic E-state index is 12.6. The number of anilines is 1. The Balaban J connectivity index is 1.35. The van der Waals surface area contributed by atoms with Gasteiger partial charge in [0.25, 0.3) is 0 Å². The van der Waals surface area contributed by atoms with Crippen molar-refractivity contribution in [1.29, 1.82) is 0 Å². The van der Waals surface area contributed by atoms with Crippen LogP contribution in [-0.4, -0.2) is 72.9 Å². The van der Waals surface area contributed by atoms with Gasteiger partial charge in [0.15, 0.2) is 0 Å². The van der Waals surface area contributed by atoms with E-state index in [9.17, 15) is 9.59 Å². The molecule has 184 valence electrons. The number of esters is 1. The Morgan fingerprint density at radius 1 is 1.18 bits per heavy atom. The highest BCUT2D eigenvalue weighted by Gasteiger charge is 2.29. The summed E-state index contributed by atoms with van der Waals surface area (Å²) in [5, 5.41) is 3.56. The smallest absolute Gasteiger partial charge is 0.416 e. The van der Waals surface area contributed by atoms with Gasteiger partial charge in [-0.2, -0.15) is 0 Å². The summed E-state index contributed by atoms with van der Waals surface area (Å²) in [6.45, 7) is 11.8. The number of pyridine rings is 1. The third-order valence-electron chi connectivity index (χ3n) is 5.87. The van der Waals surface area contributed by atoms with Crippen LogP contribution in [0.2, 0.25) is 0 Å². The molecule has 1 aromatic rings. The Bertz CT molecular complexity index is 802. The molecule has 0 atom stereocenters. The van der Waals surface area contributed by atoms with E-state index in [1.54, 1.807) is 4.90 Å². The standard InChI is InChI=1S/C25H40N4O4/c1-5-32-22(30)18-28-16-21(17-28)26-14-8-6-7-11-20-13-12-19-10-9-15-29(23(19)27-20)24(31)33-25(2,3)4/h12-13,21,26H,5-11,14-18H2,1-4H3. The first-order valence-corrected chi connectivity index (χ1v) is 12.4. The molecule has 1 aromatic heterocycles. The molecule has 0 radical (unpaired) electrons. The van der Waals surface area contributed by atoms with Crippen molar-refractivity contribution in [2.45, 2.75) is 77.9 Å². The molecule has 0 aliphatic carbocycles. The van der Waals surface area contributed by atoms with E-state index in [0.717, 1.165) is 75.2 Å². The second-order valence-electron chi connectivity index (χ2n) is 9.98. The number of aromatic nitrogens is 1. The fourth-order valence-corrected chi connectivity index (χ4v) is 4.24. The topological polar surface area (TPSA) is 84.0 Å². The van der Waals surface area contributed by atoms with Gasteiger partial charge >= 0.3 is 12.1 Å². The number of aryl methyl sites for hydroxylation is 2. The van der Waals surface area contributed by atoms with Gasteiger partial charge in [0.2, 0.25) is 0 Å². The molecule has 0 aromatic carbocycles. The molecule has 2 aliphatic heterocycles. The third kappa shape index (κ3) is 7.96. The minimum Gasteiger partial charge on any atom is -0.465 e. The van der Waals surface area contributed by atoms with Crippen molar-refractivity contribution in [3.05, 3.63) is 23.4 Å². The second-order valence-corrected chi connectivity index (χ2v) is 9.98. The van der Waals surface area contributed by atoms with E-state index >= 15 is 0 Å². The van der Waals surface area contributed by atoms with E-state index < -0.39 is 5.60 Å². The molecule has 1 N–H and O–H groups in total. The predicted molar refractivity (Wildman–Crippen MR) is 129 cm³/mol. The monoisotopic (exact) mass is 460 g/mol. The molecular formula is C25H40N4O4. The van der Waals surface area contributed by atoms with Crippen molar-refractivity contribution < 1.29 is 19.1 Å². The Hall–Kier alpha value is -2.19. The van der Waals surface area contributed by atoms with Gasteiger partial charge in [-0.15, -0.1) is 0 Å². The Kier molecular flexibility index (Phi) is 9.09. The number of nitrogens with one attached hydrogen (secondary N) is 1. The maximum Gasteiger partial charge on any atom is 0.416 e. The quantitative estimate of drug-likeness (QED) is 0.424. The molecule has 1 saturated heterocycles. The van der Waals surface area contributed by atoms with Gasteiger partial charge in [-0.05, 0) is 78.0 Å². The zero-order chi connectivity index (χ0) is 23.8. The average Bonchev–Trinajstić information content (AvgIpc) is 2.72. The summed E-state index contributed by atoms with van der Waals surface area (Å²) >= 11 is 0. The number of amides is 1. The first-order valence-electron chi connectivity index (χ1n) is 12.4. The van der Waals surface area contributed by atoms with E-state index in [1.165, 1.54) is 0 Å². The number of carbonyl (C=O) groups excluding carboxylic acids is 2. The van der Waals surface area contributed by atoms with E-state index in [0.29, 0.717) is 25.7 Å². The predicted octanol–water partition coefficient (Wildman–Crippen LogP) is 3.32. The van der Waals surface area contributed by atoms with Crippen LogP contribution in [0, 0.1) is 0 Å². The molecule has 2 aliphatic rings. The van der Waals surface area contributed by atoms with Crippen LogP contribution in [0.15, 0.2) is 12.1 Å². The highest BCUT2D eigenvalue weighted by molar-refractivity contribution is 5.88. The lowest BCUT2D eigenvalue weighted by Gasteiger charge is -2.39. The van der Waals surface area contributed by atoms with Crippen LogP contribution in [0.5, 0.6) is 0 Å². The molecule has 0 unspecified atom stereocenters. The van der Waals surface area contributed by atoms with Gasteiger partial charge < -0.3 is 14.8 Å². The van der Waals surface area contributed by atoms with Gasteiger partial charge in [0.05, 0.1) is 13.2 Å². The van der Waals surface area contributed by atoms with Crippen LogP contribution in [-0.2, 0) is 27.1 Å². The van der Waals surface area contributed by atoms with E-state index in [2.05, 4.69) is 22.3 Å². The summed E-state index contributed by atoms with van der Waals surface area (Å²) in [6.07, 6.45) is 5.79. The van der Waals surface area contributed by atoms with Gasteiger partial charge in [-0.3, -0.25) is 14.6 Å². The van der Waals surface area contributed by atoms with Crippen molar-refractivity contribution in [2.24, 2.45) is 0 Å². The zero-order valence-electron chi connectivity index (χ0n) is 20.7. The van der Waals surface area contributed by atoms with Crippen molar-refractivity contribution in [2.75, 3.05) is 44.2 Å². The van der Waals surface area contributed by atoms with E-state index in [-0.39, 0.29) is 12.1 Å². The summed E-state index contributed by atoms with van der Waals surface area (Å²) in [6, 6.07) is 4.69. The summed E-state index contributed by atoms with van der Waals surface area (Å²) < 4.78 is 10.6. The molecule has 1 fully saturated rings. The molecular weight excluding hydrogens is 420 g/mol. The highest BCUT2D eigenvalue weighted by Crippen LogP contribution is 2.27. The number of carbonyl (C=O) groups is 2. The number of hydrogen-bond acceptors (Lipinski definition) is 7. The van der Waals surface area contributed by atoms with Gasteiger partial charge in [0.1, 0.15) is 11.4 Å². The summed E-state index contributed by atoms with van der Waals surface area (Å²) in [5.41, 5.74) is 1.64. The number of rotatable bonds is 10. The lowest BCUT2D eigenvalue weighted by Crippen LogP contribution is -2.59.